The van der Waals surface area contributed by atoms with Crippen molar-refractivity contribution in [3.8, 4) is 16.9 Å². The first-order chi connectivity index (χ1) is 15.9. The number of sulfonamides is 1. The van der Waals surface area contributed by atoms with Gasteiger partial charge in [-0.15, -0.1) is 12.4 Å². The topological polar surface area (TPSA) is 134 Å². The largest absolute Gasteiger partial charge is 0.497 e. The fourth-order valence-electron chi connectivity index (χ4n) is 4.20. The standard InChI is InChI=1S/C21H27N5O6S.ClH/c1-31-18-4-2-16(3-5-18)17-14-22-20(23-15-17)25-8-10-26(11-9-25)33(29,30)21(19(27)24-28)6-12-32-13-7-21;/h2-5,14-15,28H,6-13H2,1H3,(H,24,27);1H. The predicted molar refractivity (Wildman–Crippen MR) is 127 cm³/mol. The van der Waals surface area contributed by atoms with Crippen molar-refractivity contribution in [2.45, 2.75) is 17.6 Å². The van der Waals surface area contributed by atoms with Crippen LogP contribution >= 0.6 is 12.4 Å². The van der Waals surface area contributed by atoms with Gasteiger partial charge in [-0.1, -0.05) is 12.1 Å². The molecule has 0 unspecified atom stereocenters. The molecule has 1 aromatic heterocycles. The van der Waals surface area contributed by atoms with E-state index in [1.807, 2.05) is 29.2 Å². The molecule has 0 radical (unpaired) electrons. The van der Waals surface area contributed by atoms with Crippen molar-refractivity contribution < 1.29 is 27.9 Å². The highest BCUT2D eigenvalue weighted by molar-refractivity contribution is 7.91. The van der Waals surface area contributed by atoms with Crippen molar-refractivity contribution in [1.82, 2.24) is 19.8 Å². The van der Waals surface area contributed by atoms with Gasteiger partial charge in [0.2, 0.25) is 16.0 Å². The van der Waals surface area contributed by atoms with Gasteiger partial charge in [0.1, 0.15) is 5.75 Å². The third-order valence-corrected chi connectivity index (χ3v) is 8.86. The van der Waals surface area contributed by atoms with Gasteiger partial charge in [-0.25, -0.2) is 23.9 Å². The highest BCUT2D eigenvalue weighted by atomic mass is 35.5. The third kappa shape index (κ3) is 4.82. The molecule has 2 N–H and O–H groups in total. The average molecular weight is 514 g/mol. The number of carbonyl (C=O) groups is 1. The first kappa shape index (κ1) is 26.1. The normalized spacial score (nSPS) is 18.6. The quantitative estimate of drug-likeness (QED) is 0.429. The SMILES string of the molecule is COc1ccc(-c2cnc(N3CCN(S(=O)(=O)C4(C(=O)NO)CCOCC4)CC3)nc2)cc1.Cl. The number of ether oxygens (including phenoxy) is 2. The predicted octanol–water partition coefficient (Wildman–Crippen LogP) is 1.08. The molecular formula is C21H28ClN5O6S. The number of aromatic nitrogens is 2. The number of methoxy groups -OCH3 is 1. The molecule has 2 aliphatic heterocycles. The van der Waals surface area contributed by atoms with Crippen LogP contribution < -0.4 is 15.1 Å². The van der Waals surface area contributed by atoms with E-state index in [9.17, 15) is 18.4 Å². The second-order valence-corrected chi connectivity index (χ2v) is 10.2. The van der Waals surface area contributed by atoms with Gasteiger partial charge in [0.05, 0.1) is 7.11 Å². The number of amides is 1. The molecule has 4 rings (SSSR count). The number of nitrogens with one attached hydrogen (secondary N) is 1. The Kier molecular flexibility index (Phi) is 8.31. The van der Waals surface area contributed by atoms with Crippen molar-refractivity contribution in [2.24, 2.45) is 0 Å². The summed E-state index contributed by atoms with van der Waals surface area (Å²) in [5, 5.41) is 9.18. The maximum atomic E-state index is 13.4. The van der Waals surface area contributed by atoms with Crippen molar-refractivity contribution in [2.75, 3.05) is 51.4 Å². The number of carbonyl (C=O) groups excluding carboxylic acids is 1. The lowest BCUT2D eigenvalue weighted by Gasteiger charge is -2.41. The van der Waals surface area contributed by atoms with E-state index >= 15 is 0 Å². The second kappa shape index (κ2) is 10.8. The van der Waals surface area contributed by atoms with Gasteiger partial charge < -0.3 is 14.4 Å². The molecule has 13 heteroatoms. The van der Waals surface area contributed by atoms with Gasteiger partial charge in [-0.2, -0.15) is 4.31 Å². The molecule has 0 saturated carbocycles. The summed E-state index contributed by atoms with van der Waals surface area (Å²) in [5.74, 6) is 0.368. The van der Waals surface area contributed by atoms with Crippen LogP contribution in [0.5, 0.6) is 5.75 Å². The summed E-state index contributed by atoms with van der Waals surface area (Å²) in [7, 11) is -2.39. The molecule has 0 bridgehead atoms. The first-order valence-electron chi connectivity index (χ1n) is 10.6. The number of nitrogens with zero attached hydrogens (tertiary/aromatic N) is 4. The summed E-state index contributed by atoms with van der Waals surface area (Å²) in [6, 6.07) is 7.58. The van der Waals surface area contributed by atoms with Crippen LogP contribution in [0.1, 0.15) is 12.8 Å². The van der Waals surface area contributed by atoms with Gasteiger partial charge in [0, 0.05) is 70.2 Å². The van der Waals surface area contributed by atoms with Crippen molar-refractivity contribution in [1.29, 1.82) is 0 Å². The molecule has 1 amide bonds. The molecule has 34 heavy (non-hydrogen) atoms. The summed E-state index contributed by atoms with van der Waals surface area (Å²) in [6.45, 7) is 1.42. The van der Waals surface area contributed by atoms with Crippen LogP contribution in [0.4, 0.5) is 5.95 Å². The highest BCUT2D eigenvalue weighted by Gasteiger charge is 2.54. The van der Waals surface area contributed by atoms with E-state index in [2.05, 4.69) is 9.97 Å². The Morgan fingerprint density at radius 3 is 2.18 bits per heavy atom. The Morgan fingerprint density at radius 2 is 1.65 bits per heavy atom. The fraction of sp³-hybridized carbons (Fsp3) is 0.476. The van der Waals surface area contributed by atoms with E-state index in [1.165, 1.54) is 4.31 Å². The Balaban J connectivity index is 0.00000324. The van der Waals surface area contributed by atoms with Gasteiger partial charge in [-0.3, -0.25) is 10.0 Å². The zero-order valence-corrected chi connectivity index (χ0v) is 20.3. The van der Waals surface area contributed by atoms with Crippen LogP contribution in [0.15, 0.2) is 36.7 Å². The average Bonchev–Trinajstić information content (AvgIpc) is 2.88. The Bertz CT molecular complexity index is 1070. The van der Waals surface area contributed by atoms with Crippen LogP contribution in [-0.4, -0.2) is 85.1 Å². The van der Waals surface area contributed by atoms with Crippen LogP contribution in [0, 0.1) is 0 Å². The monoisotopic (exact) mass is 513 g/mol. The van der Waals surface area contributed by atoms with Crippen molar-refractivity contribution in [3.05, 3.63) is 36.7 Å². The van der Waals surface area contributed by atoms with Gasteiger partial charge in [0.25, 0.3) is 5.91 Å². The minimum atomic E-state index is -4.01. The van der Waals surface area contributed by atoms with E-state index in [-0.39, 0.29) is 51.6 Å². The van der Waals surface area contributed by atoms with Crippen molar-refractivity contribution >= 4 is 34.3 Å². The third-order valence-electron chi connectivity index (χ3n) is 6.23. The summed E-state index contributed by atoms with van der Waals surface area (Å²) in [5.41, 5.74) is 3.36. The molecule has 2 aromatic rings. The van der Waals surface area contributed by atoms with Crippen LogP contribution in [0.25, 0.3) is 11.1 Å². The zero-order valence-electron chi connectivity index (χ0n) is 18.7. The molecule has 3 heterocycles. The van der Waals surface area contributed by atoms with Crippen LogP contribution in [0.3, 0.4) is 0 Å². The highest BCUT2D eigenvalue weighted by Crippen LogP contribution is 2.33. The number of hydroxylamine groups is 1. The Morgan fingerprint density at radius 1 is 1.06 bits per heavy atom. The van der Waals surface area contributed by atoms with Gasteiger partial charge >= 0.3 is 0 Å². The lowest BCUT2D eigenvalue weighted by Crippen LogP contribution is -2.62. The number of rotatable bonds is 6. The molecular weight excluding hydrogens is 486 g/mol. The van der Waals surface area contributed by atoms with E-state index in [1.54, 1.807) is 25.0 Å². The molecule has 2 aliphatic rings. The number of benzene rings is 1. The summed E-state index contributed by atoms with van der Waals surface area (Å²) in [6.07, 6.45) is 3.46. The summed E-state index contributed by atoms with van der Waals surface area (Å²) in [4.78, 5) is 23.2. The smallest absolute Gasteiger partial charge is 0.266 e. The van der Waals surface area contributed by atoms with E-state index in [0.717, 1.165) is 16.9 Å². The van der Waals surface area contributed by atoms with Crippen LogP contribution in [-0.2, 0) is 19.6 Å². The minimum Gasteiger partial charge on any atom is -0.497 e. The molecule has 0 aliphatic carbocycles. The molecule has 0 spiro atoms. The number of anilines is 1. The molecule has 2 saturated heterocycles. The number of piperazine rings is 1. The second-order valence-electron chi connectivity index (χ2n) is 7.94. The first-order valence-corrected chi connectivity index (χ1v) is 12.1. The van der Waals surface area contributed by atoms with Crippen LogP contribution in [0.2, 0.25) is 0 Å². The van der Waals surface area contributed by atoms with Gasteiger partial charge in [0.15, 0.2) is 4.75 Å². The Hall–Kier alpha value is -2.51. The maximum Gasteiger partial charge on any atom is 0.266 e. The summed E-state index contributed by atoms with van der Waals surface area (Å²) >= 11 is 0. The summed E-state index contributed by atoms with van der Waals surface area (Å²) < 4.78 is 36.8. The molecule has 0 atom stereocenters. The van der Waals surface area contributed by atoms with E-state index in [4.69, 9.17) is 9.47 Å². The zero-order chi connectivity index (χ0) is 23.5. The molecule has 2 fully saturated rings. The fourth-order valence-corrected chi connectivity index (χ4v) is 6.30. The maximum absolute atomic E-state index is 13.4. The van der Waals surface area contributed by atoms with E-state index < -0.39 is 20.7 Å². The lowest BCUT2D eigenvalue weighted by molar-refractivity contribution is -0.134. The number of hydrogen-bond acceptors (Lipinski definition) is 9. The minimum absolute atomic E-state index is 0. The molecule has 186 valence electrons. The van der Waals surface area contributed by atoms with Crippen molar-refractivity contribution in [3.63, 3.8) is 0 Å². The van der Waals surface area contributed by atoms with Gasteiger partial charge in [-0.05, 0) is 17.7 Å². The number of halogens is 1. The molecule has 11 nitrogen and oxygen atoms in total. The Labute approximate surface area is 204 Å². The van der Waals surface area contributed by atoms with E-state index in [0.29, 0.717) is 19.0 Å². The lowest BCUT2D eigenvalue weighted by atomic mass is 9.98. The molecule has 1 aromatic carbocycles. The number of hydrogen-bond donors (Lipinski definition) is 2.